The normalized spacial score (nSPS) is 10.4. The Bertz CT molecular complexity index is 541. The van der Waals surface area contributed by atoms with E-state index in [2.05, 4.69) is 4.98 Å². The predicted octanol–water partition coefficient (Wildman–Crippen LogP) is 2.75. The van der Waals surface area contributed by atoms with E-state index in [-0.39, 0.29) is 17.1 Å². The number of rotatable bonds is 1. The van der Waals surface area contributed by atoms with Gasteiger partial charge in [0.2, 0.25) is 0 Å². The molecule has 2 rings (SSSR count). The van der Waals surface area contributed by atoms with Crippen LogP contribution in [0, 0.1) is 17.5 Å². The number of aromatic nitrogens is 1. The summed E-state index contributed by atoms with van der Waals surface area (Å²) in [6, 6.07) is 5.77. The van der Waals surface area contributed by atoms with Crippen LogP contribution in [0.4, 0.5) is 19.0 Å². The molecule has 0 fully saturated rings. The number of nitrogens with zero attached hydrogens (tertiary/aromatic N) is 1. The van der Waals surface area contributed by atoms with Crippen LogP contribution in [-0.4, -0.2) is 4.98 Å². The second-order valence-corrected chi connectivity index (χ2v) is 3.19. The number of hydrogen-bond acceptors (Lipinski definition) is 2. The van der Waals surface area contributed by atoms with Crippen LogP contribution in [0.1, 0.15) is 0 Å². The summed E-state index contributed by atoms with van der Waals surface area (Å²) in [5.41, 5.74) is 5.46. The van der Waals surface area contributed by atoms with Gasteiger partial charge in [-0.2, -0.15) is 0 Å². The second-order valence-electron chi connectivity index (χ2n) is 3.19. The van der Waals surface area contributed by atoms with Crippen molar-refractivity contribution in [2.75, 3.05) is 5.73 Å². The van der Waals surface area contributed by atoms with Crippen molar-refractivity contribution in [3.05, 3.63) is 47.8 Å². The Labute approximate surface area is 89.5 Å². The fraction of sp³-hybridized carbons (Fsp3) is 0. The molecular formula is C11H7F3N2. The Morgan fingerprint density at radius 1 is 0.938 bits per heavy atom. The molecule has 0 unspecified atom stereocenters. The average molecular weight is 224 g/mol. The number of halogens is 3. The third-order valence-electron chi connectivity index (χ3n) is 2.06. The van der Waals surface area contributed by atoms with Gasteiger partial charge in [0.05, 0.1) is 5.69 Å². The van der Waals surface area contributed by atoms with Crippen LogP contribution in [0.15, 0.2) is 30.3 Å². The molecule has 0 spiro atoms. The van der Waals surface area contributed by atoms with Crippen LogP contribution in [0.25, 0.3) is 11.3 Å². The zero-order valence-corrected chi connectivity index (χ0v) is 8.05. The molecule has 0 amide bonds. The summed E-state index contributed by atoms with van der Waals surface area (Å²) in [6.07, 6.45) is 0. The molecule has 5 heteroatoms. The van der Waals surface area contributed by atoms with Crippen molar-refractivity contribution in [1.29, 1.82) is 0 Å². The first-order chi connectivity index (χ1) is 7.58. The molecule has 0 saturated carbocycles. The van der Waals surface area contributed by atoms with Crippen LogP contribution < -0.4 is 5.73 Å². The largest absolute Gasteiger partial charge is 0.384 e. The van der Waals surface area contributed by atoms with Crippen molar-refractivity contribution in [2.24, 2.45) is 0 Å². The summed E-state index contributed by atoms with van der Waals surface area (Å²) in [5.74, 6) is -3.05. The topological polar surface area (TPSA) is 38.9 Å². The van der Waals surface area contributed by atoms with Crippen molar-refractivity contribution in [1.82, 2.24) is 4.98 Å². The maximum absolute atomic E-state index is 13.4. The summed E-state index contributed by atoms with van der Waals surface area (Å²) in [5, 5.41) is 0. The molecule has 16 heavy (non-hydrogen) atoms. The minimum Gasteiger partial charge on any atom is -0.384 e. The van der Waals surface area contributed by atoms with Crippen molar-refractivity contribution < 1.29 is 13.2 Å². The van der Waals surface area contributed by atoms with Gasteiger partial charge >= 0.3 is 0 Å². The summed E-state index contributed by atoms with van der Waals surface area (Å²) in [7, 11) is 0. The van der Waals surface area contributed by atoms with E-state index in [0.29, 0.717) is 6.07 Å². The lowest BCUT2D eigenvalue weighted by molar-refractivity contribution is 0.496. The highest BCUT2D eigenvalue weighted by Crippen LogP contribution is 2.24. The Kier molecular flexibility index (Phi) is 2.52. The first kappa shape index (κ1) is 10.5. The first-order valence-corrected chi connectivity index (χ1v) is 4.45. The summed E-state index contributed by atoms with van der Waals surface area (Å²) < 4.78 is 39.0. The van der Waals surface area contributed by atoms with Crippen LogP contribution in [0.5, 0.6) is 0 Å². The van der Waals surface area contributed by atoms with Gasteiger partial charge in [0.25, 0.3) is 0 Å². The Balaban J connectivity index is 2.60. The maximum Gasteiger partial charge on any atom is 0.161 e. The highest BCUT2D eigenvalue weighted by molar-refractivity contribution is 5.61. The number of nitrogen functional groups attached to an aromatic ring is 1. The minimum atomic E-state index is -1.23. The molecule has 2 nitrogen and oxygen atoms in total. The van der Waals surface area contributed by atoms with Gasteiger partial charge in [0.15, 0.2) is 11.6 Å². The molecule has 0 atom stereocenters. The Morgan fingerprint density at radius 3 is 2.31 bits per heavy atom. The van der Waals surface area contributed by atoms with Crippen molar-refractivity contribution in [2.45, 2.75) is 0 Å². The number of anilines is 1. The summed E-state index contributed by atoms with van der Waals surface area (Å²) >= 11 is 0. The first-order valence-electron chi connectivity index (χ1n) is 4.45. The Morgan fingerprint density at radius 2 is 1.62 bits per heavy atom. The van der Waals surface area contributed by atoms with Crippen LogP contribution in [0.2, 0.25) is 0 Å². The number of benzene rings is 1. The minimum absolute atomic E-state index is 0.119. The molecule has 82 valence electrons. The standard InChI is InChI=1S/C11H7F3N2/c12-7-5-9(14)8(13)4-6(7)10-2-1-3-11(15)16-10/h1-5H,(H2,15,16). The average Bonchev–Trinajstić information content (AvgIpc) is 2.23. The number of nitrogens with two attached hydrogens (primary N) is 1. The molecule has 0 bridgehead atoms. The molecule has 0 saturated heterocycles. The molecule has 1 aromatic heterocycles. The molecule has 1 heterocycles. The molecule has 1 aromatic carbocycles. The zero-order chi connectivity index (χ0) is 11.7. The van der Waals surface area contributed by atoms with E-state index in [1.54, 1.807) is 6.07 Å². The third kappa shape index (κ3) is 1.84. The monoisotopic (exact) mass is 224 g/mol. The van der Waals surface area contributed by atoms with Gasteiger partial charge in [0.1, 0.15) is 11.6 Å². The second kappa shape index (κ2) is 3.84. The number of pyridine rings is 1. The molecule has 0 aliphatic carbocycles. The van der Waals surface area contributed by atoms with E-state index >= 15 is 0 Å². The fourth-order valence-corrected chi connectivity index (χ4v) is 1.32. The van der Waals surface area contributed by atoms with E-state index in [4.69, 9.17) is 5.73 Å². The van der Waals surface area contributed by atoms with Gasteiger partial charge in [0, 0.05) is 11.6 Å². The van der Waals surface area contributed by atoms with Crippen LogP contribution >= 0.6 is 0 Å². The van der Waals surface area contributed by atoms with E-state index < -0.39 is 17.5 Å². The van der Waals surface area contributed by atoms with Crippen molar-refractivity contribution in [3.8, 4) is 11.3 Å². The van der Waals surface area contributed by atoms with E-state index in [1.807, 2.05) is 0 Å². The SMILES string of the molecule is Nc1cccc(-c2cc(F)c(F)cc2F)n1. The van der Waals surface area contributed by atoms with Gasteiger partial charge in [-0.25, -0.2) is 18.2 Å². The quantitative estimate of drug-likeness (QED) is 0.756. The van der Waals surface area contributed by atoms with Crippen LogP contribution in [-0.2, 0) is 0 Å². The smallest absolute Gasteiger partial charge is 0.161 e. The molecule has 0 radical (unpaired) electrons. The maximum atomic E-state index is 13.4. The molecule has 0 aliphatic heterocycles. The Hall–Kier alpha value is -2.04. The lowest BCUT2D eigenvalue weighted by atomic mass is 10.1. The summed E-state index contributed by atoms with van der Waals surface area (Å²) in [4.78, 5) is 3.82. The highest BCUT2D eigenvalue weighted by Gasteiger charge is 2.12. The zero-order valence-electron chi connectivity index (χ0n) is 8.05. The molecular weight excluding hydrogens is 217 g/mol. The van der Waals surface area contributed by atoms with Gasteiger partial charge in [-0.15, -0.1) is 0 Å². The van der Waals surface area contributed by atoms with E-state index in [0.717, 1.165) is 6.07 Å². The van der Waals surface area contributed by atoms with Crippen molar-refractivity contribution >= 4 is 5.82 Å². The molecule has 0 aliphatic rings. The van der Waals surface area contributed by atoms with Gasteiger partial charge < -0.3 is 5.73 Å². The lowest BCUT2D eigenvalue weighted by Crippen LogP contribution is -1.95. The third-order valence-corrected chi connectivity index (χ3v) is 2.06. The molecule has 2 N–H and O–H groups in total. The van der Waals surface area contributed by atoms with Gasteiger partial charge in [-0.1, -0.05) is 6.07 Å². The number of hydrogen-bond donors (Lipinski definition) is 1. The predicted molar refractivity (Wildman–Crippen MR) is 54.0 cm³/mol. The highest BCUT2D eigenvalue weighted by atomic mass is 19.2. The van der Waals surface area contributed by atoms with Crippen molar-refractivity contribution in [3.63, 3.8) is 0 Å². The van der Waals surface area contributed by atoms with E-state index in [9.17, 15) is 13.2 Å². The fourth-order valence-electron chi connectivity index (χ4n) is 1.32. The van der Waals surface area contributed by atoms with E-state index in [1.165, 1.54) is 12.1 Å². The van der Waals surface area contributed by atoms with Gasteiger partial charge in [-0.05, 0) is 18.2 Å². The van der Waals surface area contributed by atoms with Gasteiger partial charge in [-0.3, -0.25) is 0 Å². The molecule has 2 aromatic rings. The van der Waals surface area contributed by atoms with Crippen LogP contribution in [0.3, 0.4) is 0 Å². The summed E-state index contributed by atoms with van der Waals surface area (Å²) in [6.45, 7) is 0. The lowest BCUT2D eigenvalue weighted by Gasteiger charge is -2.04.